The van der Waals surface area contributed by atoms with Gasteiger partial charge in [-0.25, -0.2) is 0 Å². The lowest BCUT2D eigenvalue weighted by atomic mass is 10.1. The highest BCUT2D eigenvalue weighted by atomic mass is 79.9. The summed E-state index contributed by atoms with van der Waals surface area (Å²) < 4.78 is 6.84. The molecule has 0 unspecified atom stereocenters. The number of amides is 1. The molecule has 0 fully saturated rings. The molecule has 0 heterocycles. The number of carbonyl (C=O) groups is 1. The molecule has 35 heavy (non-hydrogen) atoms. The highest BCUT2D eigenvalue weighted by Crippen LogP contribution is 2.28. The molecule has 0 aliphatic carbocycles. The van der Waals surface area contributed by atoms with E-state index < -0.39 is 10.8 Å². The fraction of sp³-hybridized carbons (Fsp3) is 0.0370. The summed E-state index contributed by atoms with van der Waals surface area (Å²) in [5, 5.41) is 25.3. The maximum absolute atomic E-state index is 12.7. The zero-order valence-corrected chi connectivity index (χ0v) is 19.9. The van der Waals surface area contributed by atoms with Crippen molar-refractivity contribution in [2.45, 2.75) is 6.61 Å². The van der Waals surface area contributed by atoms with E-state index in [-0.39, 0.29) is 16.9 Å². The molecule has 0 atom stereocenters. The number of carbonyl (C=O) groups excluding carboxylic acids is 1. The Kier molecular flexibility index (Phi) is 7.19. The van der Waals surface area contributed by atoms with Gasteiger partial charge in [-0.05, 0) is 46.7 Å². The number of nitriles is 1. The third-order valence-corrected chi connectivity index (χ3v) is 5.71. The van der Waals surface area contributed by atoms with Gasteiger partial charge in [-0.3, -0.25) is 14.9 Å². The van der Waals surface area contributed by atoms with E-state index in [1.165, 1.54) is 30.3 Å². The number of nitro groups is 1. The predicted molar refractivity (Wildman–Crippen MR) is 138 cm³/mol. The van der Waals surface area contributed by atoms with Gasteiger partial charge in [0.05, 0.1) is 4.92 Å². The van der Waals surface area contributed by atoms with Crippen LogP contribution in [0.4, 0.5) is 11.4 Å². The van der Waals surface area contributed by atoms with Crippen molar-refractivity contribution in [3.05, 3.63) is 116 Å². The van der Waals surface area contributed by atoms with E-state index in [1.54, 1.807) is 12.1 Å². The van der Waals surface area contributed by atoms with Crippen LogP contribution in [0.5, 0.6) is 5.75 Å². The van der Waals surface area contributed by atoms with E-state index >= 15 is 0 Å². The summed E-state index contributed by atoms with van der Waals surface area (Å²) in [6.07, 6.45) is 1.43. The second kappa shape index (κ2) is 10.6. The topological polar surface area (TPSA) is 105 Å². The van der Waals surface area contributed by atoms with Gasteiger partial charge >= 0.3 is 0 Å². The molecule has 7 nitrogen and oxygen atoms in total. The van der Waals surface area contributed by atoms with Crippen LogP contribution in [-0.4, -0.2) is 10.8 Å². The van der Waals surface area contributed by atoms with Gasteiger partial charge in [0.15, 0.2) is 0 Å². The predicted octanol–water partition coefficient (Wildman–Crippen LogP) is 6.64. The van der Waals surface area contributed by atoms with Crippen molar-refractivity contribution in [1.29, 1.82) is 5.26 Å². The summed E-state index contributed by atoms with van der Waals surface area (Å²) >= 11 is 3.42. The Morgan fingerprint density at radius 1 is 1.06 bits per heavy atom. The van der Waals surface area contributed by atoms with Crippen molar-refractivity contribution in [1.82, 2.24) is 0 Å². The molecule has 0 saturated heterocycles. The number of nitrogens with zero attached hydrogens (tertiary/aromatic N) is 2. The van der Waals surface area contributed by atoms with Gasteiger partial charge in [0.25, 0.3) is 11.6 Å². The third-order valence-electron chi connectivity index (χ3n) is 5.21. The number of nitro benzene ring substituents is 1. The van der Waals surface area contributed by atoms with E-state index in [0.717, 1.165) is 20.8 Å². The van der Waals surface area contributed by atoms with Gasteiger partial charge in [0.2, 0.25) is 0 Å². The second-order valence-electron chi connectivity index (χ2n) is 7.54. The number of halogens is 1. The molecule has 0 spiro atoms. The fourth-order valence-electron chi connectivity index (χ4n) is 3.54. The smallest absolute Gasteiger partial charge is 0.271 e. The standard InChI is InChI=1S/C27H18BrN3O4/c28-22-11-12-26(35-17-19-7-3-6-18-5-1-2-10-25(18)19)20(14-22)13-21(16-29)27(32)30-23-8-4-9-24(15-23)31(33)34/h1-15H,17H2,(H,30,32)/b21-13+. The first kappa shape index (κ1) is 23.7. The van der Waals surface area contributed by atoms with Gasteiger partial charge in [-0.2, -0.15) is 5.26 Å². The number of ether oxygens (including phenoxy) is 1. The fourth-order valence-corrected chi connectivity index (χ4v) is 3.92. The van der Waals surface area contributed by atoms with E-state index in [0.29, 0.717) is 17.9 Å². The van der Waals surface area contributed by atoms with Crippen LogP contribution in [-0.2, 0) is 11.4 Å². The minimum absolute atomic E-state index is 0.165. The largest absolute Gasteiger partial charge is 0.488 e. The zero-order valence-electron chi connectivity index (χ0n) is 18.3. The lowest BCUT2D eigenvalue weighted by Gasteiger charge is -2.12. The van der Waals surface area contributed by atoms with E-state index in [9.17, 15) is 20.2 Å². The average Bonchev–Trinajstić information content (AvgIpc) is 2.86. The molecule has 0 bridgehead atoms. The Hall–Kier alpha value is -4.48. The quantitative estimate of drug-likeness (QED) is 0.125. The van der Waals surface area contributed by atoms with Crippen molar-refractivity contribution in [2.75, 3.05) is 5.32 Å². The molecule has 1 amide bonds. The summed E-state index contributed by atoms with van der Waals surface area (Å²) in [4.78, 5) is 23.2. The monoisotopic (exact) mass is 527 g/mol. The number of hydrogen-bond donors (Lipinski definition) is 1. The lowest BCUT2D eigenvalue weighted by molar-refractivity contribution is -0.384. The molecule has 0 saturated carbocycles. The minimum Gasteiger partial charge on any atom is -0.488 e. The van der Waals surface area contributed by atoms with Crippen LogP contribution in [0.15, 0.2) is 95.0 Å². The molecule has 8 heteroatoms. The molecule has 0 aliphatic rings. The Bertz CT molecular complexity index is 1500. The lowest BCUT2D eigenvalue weighted by Crippen LogP contribution is -2.13. The van der Waals surface area contributed by atoms with Crippen LogP contribution in [0.2, 0.25) is 0 Å². The zero-order chi connectivity index (χ0) is 24.8. The summed E-state index contributed by atoms with van der Waals surface area (Å²) in [5.74, 6) is -0.190. The number of hydrogen-bond acceptors (Lipinski definition) is 5. The van der Waals surface area contributed by atoms with E-state index in [4.69, 9.17) is 4.74 Å². The van der Waals surface area contributed by atoms with E-state index in [2.05, 4.69) is 21.2 Å². The number of fused-ring (bicyclic) bond motifs is 1. The molecule has 172 valence electrons. The van der Waals surface area contributed by atoms with Crippen molar-refractivity contribution in [3.63, 3.8) is 0 Å². The summed E-state index contributed by atoms with van der Waals surface area (Å²) in [6.45, 7) is 0.297. The van der Waals surface area contributed by atoms with Crippen LogP contribution in [0.25, 0.3) is 16.8 Å². The van der Waals surface area contributed by atoms with Crippen LogP contribution in [0.1, 0.15) is 11.1 Å². The van der Waals surface area contributed by atoms with Crippen molar-refractivity contribution in [3.8, 4) is 11.8 Å². The van der Waals surface area contributed by atoms with Gasteiger partial charge in [-0.15, -0.1) is 0 Å². The van der Waals surface area contributed by atoms with Crippen molar-refractivity contribution in [2.24, 2.45) is 0 Å². The SMILES string of the molecule is N#C/C(=C\c1cc(Br)ccc1OCc1cccc2ccccc12)C(=O)Nc1cccc([N+](=O)[O-])c1. The maximum atomic E-state index is 12.7. The average molecular weight is 528 g/mol. The van der Waals surface area contributed by atoms with Crippen LogP contribution >= 0.6 is 15.9 Å². The van der Waals surface area contributed by atoms with Crippen LogP contribution in [0.3, 0.4) is 0 Å². The second-order valence-corrected chi connectivity index (χ2v) is 8.46. The van der Waals surface area contributed by atoms with Crippen molar-refractivity contribution >= 4 is 50.1 Å². The third kappa shape index (κ3) is 5.72. The maximum Gasteiger partial charge on any atom is 0.271 e. The highest BCUT2D eigenvalue weighted by molar-refractivity contribution is 9.10. The molecule has 4 rings (SSSR count). The summed E-state index contributed by atoms with van der Waals surface area (Å²) in [7, 11) is 0. The van der Waals surface area contributed by atoms with E-state index in [1.807, 2.05) is 54.6 Å². The number of anilines is 1. The number of benzene rings is 4. The highest BCUT2D eigenvalue weighted by Gasteiger charge is 2.14. The number of nitrogens with one attached hydrogen (secondary N) is 1. The number of non-ortho nitro benzene ring substituents is 1. The first-order chi connectivity index (χ1) is 16.9. The Balaban J connectivity index is 1.59. The van der Waals surface area contributed by atoms with Gasteiger partial charge < -0.3 is 10.1 Å². The van der Waals surface area contributed by atoms with Crippen LogP contribution < -0.4 is 10.1 Å². The minimum atomic E-state index is -0.687. The number of rotatable bonds is 7. The molecule has 0 aromatic heterocycles. The molecular weight excluding hydrogens is 510 g/mol. The summed E-state index contributed by atoms with van der Waals surface area (Å²) in [6, 6.07) is 26.7. The van der Waals surface area contributed by atoms with Crippen molar-refractivity contribution < 1.29 is 14.5 Å². The molecule has 0 radical (unpaired) electrons. The molecule has 4 aromatic rings. The Morgan fingerprint density at radius 2 is 1.83 bits per heavy atom. The van der Waals surface area contributed by atoms with Gasteiger partial charge in [-0.1, -0.05) is 64.5 Å². The van der Waals surface area contributed by atoms with Gasteiger partial charge in [0, 0.05) is 27.9 Å². The summed E-state index contributed by atoms with van der Waals surface area (Å²) in [5.41, 5.74) is 1.41. The first-order valence-corrected chi connectivity index (χ1v) is 11.3. The van der Waals surface area contributed by atoms with Crippen LogP contribution in [0, 0.1) is 21.4 Å². The molecule has 1 N–H and O–H groups in total. The Morgan fingerprint density at radius 3 is 2.63 bits per heavy atom. The Labute approximate surface area is 209 Å². The molecular formula is C27H18BrN3O4. The first-order valence-electron chi connectivity index (χ1n) is 10.5. The normalized spacial score (nSPS) is 11.0. The molecule has 4 aromatic carbocycles. The van der Waals surface area contributed by atoms with Gasteiger partial charge in [0.1, 0.15) is 24.0 Å². The molecule has 0 aliphatic heterocycles.